The Hall–Kier alpha value is -1.00. The van der Waals surface area contributed by atoms with E-state index in [-0.39, 0.29) is 17.5 Å². The van der Waals surface area contributed by atoms with Crippen molar-refractivity contribution in [3.63, 3.8) is 0 Å². The molecule has 0 bridgehead atoms. The fourth-order valence-corrected chi connectivity index (χ4v) is 3.97. The van der Waals surface area contributed by atoms with Crippen LogP contribution >= 0.6 is 11.8 Å². The van der Waals surface area contributed by atoms with Crippen LogP contribution in [0.15, 0.2) is 29.2 Å². The highest BCUT2D eigenvalue weighted by Gasteiger charge is 2.21. The number of hydrogen-bond acceptors (Lipinski definition) is 4. The minimum Gasteiger partial charge on any atom is -0.384 e. The minimum absolute atomic E-state index is 0.103. The Kier molecular flexibility index (Phi) is 7.10. The molecule has 6 heteroatoms. The molecule has 0 spiro atoms. The van der Waals surface area contributed by atoms with Crippen molar-refractivity contribution < 1.29 is 13.5 Å². The molecule has 110 valence electrons. The van der Waals surface area contributed by atoms with Crippen molar-refractivity contribution in [3.05, 3.63) is 29.8 Å². The third kappa shape index (κ3) is 4.84. The maximum atomic E-state index is 12.4. The summed E-state index contributed by atoms with van der Waals surface area (Å²) in [7, 11) is -3.60. The summed E-state index contributed by atoms with van der Waals surface area (Å²) in [5.74, 6) is 5.87. The van der Waals surface area contributed by atoms with Gasteiger partial charge in [0.05, 0.1) is 4.90 Å². The molecule has 0 saturated carbocycles. The molecule has 2 N–H and O–H groups in total. The van der Waals surface area contributed by atoms with Gasteiger partial charge in [0.1, 0.15) is 6.61 Å². The molecule has 20 heavy (non-hydrogen) atoms. The average molecular weight is 313 g/mol. The van der Waals surface area contributed by atoms with Crippen molar-refractivity contribution in [2.24, 2.45) is 0 Å². The molecular weight excluding hydrogens is 294 g/mol. The van der Waals surface area contributed by atoms with Crippen LogP contribution in [-0.2, 0) is 10.0 Å². The van der Waals surface area contributed by atoms with E-state index in [4.69, 9.17) is 5.11 Å². The van der Waals surface area contributed by atoms with Gasteiger partial charge >= 0.3 is 0 Å². The predicted octanol–water partition coefficient (Wildman–Crippen LogP) is 1.45. The molecule has 1 unspecified atom stereocenters. The van der Waals surface area contributed by atoms with Gasteiger partial charge in [-0.2, -0.15) is 11.8 Å². The van der Waals surface area contributed by atoms with Crippen LogP contribution in [-0.4, -0.2) is 38.2 Å². The fourth-order valence-electron chi connectivity index (χ4n) is 1.66. The molecule has 1 aromatic rings. The van der Waals surface area contributed by atoms with Crippen molar-refractivity contribution in [2.75, 3.05) is 18.6 Å². The Morgan fingerprint density at radius 3 is 2.70 bits per heavy atom. The first-order chi connectivity index (χ1) is 9.55. The highest BCUT2D eigenvalue weighted by atomic mass is 32.2. The molecule has 0 aliphatic heterocycles. The third-order valence-corrected chi connectivity index (χ3v) is 4.98. The Bertz CT molecular complexity index is 588. The van der Waals surface area contributed by atoms with Gasteiger partial charge < -0.3 is 5.11 Å². The zero-order chi connectivity index (χ0) is 15.0. The van der Waals surface area contributed by atoms with Crippen LogP contribution in [0.3, 0.4) is 0 Å². The first kappa shape index (κ1) is 17.1. The lowest BCUT2D eigenvalue weighted by Gasteiger charge is -2.16. The lowest BCUT2D eigenvalue weighted by molar-refractivity contribution is 0.350. The number of hydrogen-bond donors (Lipinski definition) is 2. The van der Waals surface area contributed by atoms with Crippen LogP contribution in [0.5, 0.6) is 0 Å². The molecule has 0 amide bonds. The van der Waals surface area contributed by atoms with Crippen molar-refractivity contribution in [1.29, 1.82) is 0 Å². The predicted molar refractivity (Wildman–Crippen MR) is 83.2 cm³/mol. The smallest absolute Gasteiger partial charge is 0.242 e. The van der Waals surface area contributed by atoms with Crippen molar-refractivity contribution >= 4 is 21.8 Å². The van der Waals surface area contributed by atoms with Crippen LogP contribution in [0, 0.1) is 11.8 Å². The molecule has 0 saturated heterocycles. The van der Waals surface area contributed by atoms with Gasteiger partial charge in [-0.1, -0.05) is 30.9 Å². The van der Waals surface area contributed by atoms with Crippen LogP contribution in [0.4, 0.5) is 0 Å². The lowest BCUT2D eigenvalue weighted by Crippen LogP contribution is -2.36. The molecule has 0 radical (unpaired) electrons. The van der Waals surface area contributed by atoms with Gasteiger partial charge in [-0.05, 0) is 24.8 Å². The Morgan fingerprint density at radius 2 is 2.10 bits per heavy atom. The molecule has 0 aromatic heterocycles. The summed E-state index contributed by atoms with van der Waals surface area (Å²) in [5, 5.41) is 8.73. The quantitative estimate of drug-likeness (QED) is 0.780. The molecule has 0 heterocycles. The number of thioether (sulfide) groups is 1. The average Bonchev–Trinajstić information content (AvgIpc) is 2.44. The number of aliphatic hydroxyl groups excluding tert-OH is 1. The topological polar surface area (TPSA) is 66.4 Å². The van der Waals surface area contributed by atoms with E-state index in [0.717, 1.165) is 12.2 Å². The second-order valence-electron chi connectivity index (χ2n) is 4.14. The minimum atomic E-state index is -3.60. The number of benzene rings is 1. The van der Waals surface area contributed by atoms with Crippen LogP contribution in [0.1, 0.15) is 18.9 Å². The van der Waals surface area contributed by atoms with E-state index in [9.17, 15) is 8.42 Å². The van der Waals surface area contributed by atoms with Crippen molar-refractivity contribution in [2.45, 2.75) is 24.3 Å². The summed E-state index contributed by atoms with van der Waals surface area (Å²) in [6.45, 7) is 1.65. The molecule has 1 atom stereocenters. The highest BCUT2D eigenvalue weighted by molar-refractivity contribution is 7.98. The van der Waals surface area contributed by atoms with Gasteiger partial charge in [0.25, 0.3) is 0 Å². The second-order valence-corrected chi connectivity index (χ2v) is 6.73. The van der Waals surface area contributed by atoms with E-state index >= 15 is 0 Å². The van der Waals surface area contributed by atoms with E-state index in [1.807, 2.05) is 13.2 Å². The van der Waals surface area contributed by atoms with E-state index in [1.54, 1.807) is 30.0 Å². The standard InChI is InChI=1S/C14H19NO3S2/c1-3-13(11-19-2)15-20(17,18)14-9-5-4-7-12(14)8-6-10-16/h4-5,7,9,13,15-16H,3,10-11H2,1-2H3. The number of sulfonamides is 1. The van der Waals surface area contributed by atoms with E-state index < -0.39 is 10.0 Å². The van der Waals surface area contributed by atoms with Crippen LogP contribution in [0.2, 0.25) is 0 Å². The summed E-state index contributed by atoms with van der Waals surface area (Å²) in [5.41, 5.74) is 0.396. The Morgan fingerprint density at radius 1 is 1.40 bits per heavy atom. The first-order valence-corrected chi connectivity index (χ1v) is 9.12. The molecule has 4 nitrogen and oxygen atoms in total. The highest BCUT2D eigenvalue weighted by Crippen LogP contribution is 2.16. The van der Waals surface area contributed by atoms with Crippen molar-refractivity contribution in [1.82, 2.24) is 4.72 Å². The summed E-state index contributed by atoms with van der Waals surface area (Å²) in [6, 6.07) is 6.43. The summed E-state index contributed by atoms with van der Waals surface area (Å²) in [6.07, 6.45) is 2.67. The molecule has 1 rings (SSSR count). The van der Waals surface area contributed by atoms with Gasteiger partial charge in [0.15, 0.2) is 0 Å². The summed E-state index contributed by atoms with van der Waals surface area (Å²) in [4.78, 5) is 0.153. The number of aliphatic hydroxyl groups is 1. The third-order valence-electron chi connectivity index (χ3n) is 2.66. The lowest BCUT2D eigenvalue weighted by atomic mass is 10.2. The van der Waals surface area contributed by atoms with Gasteiger partial charge in [-0.15, -0.1) is 0 Å². The van der Waals surface area contributed by atoms with E-state index in [0.29, 0.717) is 5.56 Å². The second kappa shape index (κ2) is 8.32. The fraction of sp³-hybridized carbons (Fsp3) is 0.429. The van der Waals surface area contributed by atoms with E-state index in [2.05, 4.69) is 16.6 Å². The van der Waals surface area contributed by atoms with E-state index in [1.165, 1.54) is 6.07 Å². The van der Waals surface area contributed by atoms with Gasteiger partial charge in [-0.25, -0.2) is 13.1 Å². The van der Waals surface area contributed by atoms with Gasteiger partial charge in [-0.3, -0.25) is 0 Å². The van der Waals surface area contributed by atoms with Gasteiger partial charge in [0.2, 0.25) is 10.0 Å². The SMILES string of the molecule is CCC(CSC)NS(=O)(=O)c1ccccc1C#CCO. The number of rotatable bonds is 6. The summed E-state index contributed by atoms with van der Waals surface area (Å²) >= 11 is 1.60. The molecule has 0 aliphatic rings. The Balaban J connectivity index is 3.09. The van der Waals surface area contributed by atoms with Gasteiger partial charge in [0, 0.05) is 17.4 Å². The van der Waals surface area contributed by atoms with Crippen LogP contribution in [0.25, 0.3) is 0 Å². The van der Waals surface area contributed by atoms with Crippen molar-refractivity contribution in [3.8, 4) is 11.8 Å². The maximum absolute atomic E-state index is 12.4. The summed E-state index contributed by atoms with van der Waals surface area (Å²) < 4.78 is 27.5. The molecule has 1 aromatic carbocycles. The zero-order valence-corrected chi connectivity index (χ0v) is 13.2. The Labute approximate surface area is 125 Å². The molecular formula is C14H19NO3S2. The molecule has 0 fully saturated rings. The zero-order valence-electron chi connectivity index (χ0n) is 11.6. The molecule has 0 aliphatic carbocycles. The van der Waals surface area contributed by atoms with Crippen LogP contribution < -0.4 is 4.72 Å². The first-order valence-electron chi connectivity index (χ1n) is 6.25. The number of nitrogens with one attached hydrogen (secondary N) is 1. The maximum Gasteiger partial charge on any atom is 0.242 e. The largest absolute Gasteiger partial charge is 0.384 e. The monoisotopic (exact) mass is 313 g/mol. The normalized spacial score (nSPS) is 12.6.